The number of benzene rings is 1. The van der Waals surface area contributed by atoms with Crippen LogP contribution in [0.5, 0.6) is 0 Å². The summed E-state index contributed by atoms with van der Waals surface area (Å²) in [7, 11) is 0. The van der Waals surface area contributed by atoms with Gasteiger partial charge in [-0.15, -0.1) is 11.3 Å². The zero-order chi connectivity index (χ0) is 17.9. The molecule has 2 fully saturated rings. The zero-order valence-corrected chi connectivity index (χ0v) is 15.2. The predicted molar refractivity (Wildman–Crippen MR) is 102 cm³/mol. The van der Waals surface area contributed by atoms with Crippen molar-refractivity contribution in [3.8, 4) is 0 Å². The molecule has 4 rings (SSSR count). The van der Waals surface area contributed by atoms with Crippen LogP contribution >= 0.6 is 11.3 Å². The van der Waals surface area contributed by atoms with Gasteiger partial charge in [-0.3, -0.25) is 9.59 Å². The van der Waals surface area contributed by atoms with Gasteiger partial charge >= 0.3 is 0 Å². The Kier molecular flexibility index (Phi) is 4.90. The van der Waals surface area contributed by atoms with E-state index in [-0.39, 0.29) is 17.7 Å². The van der Waals surface area contributed by atoms with Crippen LogP contribution in [0.15, 0.2) is 41.8 Å². The second kappa shape index (κ2) is 7.47. The van der Waals surface area contributed by atoms with Crippen molar-refractivity contribution in [3.63, 3.8) is 0 Å². The summed E-state index contributed by atoms with van der Waals surface area (Å²) in [5.74, 6) is -0.156. The van der Waals surface area contributed by atoms with E-state index in [0.29, 0.717) is 13.1 Å². The Morgan fingerprint density at radius 1 is 1.08 bits per heavy atom. The van der Waals surface area contributed by atoms with Crippen LogP contribution in [0.3, 0.4) is 0 Å². The average molecular weight is 371 g/mol. The first kappa shape index (κ1) is 17.1. The van der Waals surface area contributed by atoms with Crippen LogP contribution < -0.4 is 10.2 Å². The standard InChI is InChI=1S/C19H21N3O3S/c23-18(14-12-22(13-14)19(24)17-2-1-11-26-17)20-15-3-5-16(6-4-15)21-7-9-25-10-8-21/h1-6,11,14H,7-10,12-13H2,(H,20,23). The van der Waals surface area contributed by atoms with Gasteiger partial charge in [-0.25, -0.2) is 0 Å². The van der Waals surface area contributed by atoms with Crippen molar-refractivity contribution >= 4 is 34.5 Å². The number of ether oxygens (including phenoxy) is 1. The second-order valence-corrected chi connectivity index (χ2v) is 7.47. The maximum atomic E-state index is 12.4. The Labute approximate surface area is 156 Å². The first-order valence-electron chi connectivity index (χ1n) is 8.77. The molecular weight excluding hydrogens is 350 g/mol. The Morgan fingerprint density at radius 2 is 1.81 bits per heavy atom. The monoisotopic (exact) mass is 371 g/mol. The molecule has 2 saturated heterocycles. The minimum atomic E-state index is -0.141. The first-order valence-corrected chi connectivity index (χ1v) is 9.65. The first-order chi connectivity index (χ1) is 12.7. The van der Waals surface area contributed by atoms with E-state index < -0.39 is 0 Å². The number of hydrogen-bond acceptors (Lipinski definition) is 5. The topological polar surface area (TPSA) is 61.9 Å². The minimum absolute atomic E-state index is 0.0129. The van der Waals surface area contributed by atoms with Gasteiger partial charge in [-0.05, 0) is 35.7 Å². The molecule has 6 nitrogen and oxygen atoms in total. The Balaban J connectivity index is 1.28. The van der Waals surface area contributed by atoms with Crippen molar-refractivity contribution in [2.75, 3.05) is 49.6 Å². The second-order valence-electron chi connectivity index (χ2n) is 6.52. The van der Waals surface area contributed by atoms with Gasteiger partial charge in [0, 0.05) is 37.6 Å². The van der Waals surface area contributed by atoms with Crippen molar-refractivity contribution in [2.24, 2.45) is 5.92 Å². The highest BCUT2D eigenvalue weighted by molar-refractivity contribution is 7.12. The van der Waals surface area contributed by atoms with Gasteiger partial charge in [-0.2, -0.15) is 0 Å². The third kappa shape index (κ3) is 3.59. The van der Waals surface area contributed by atoms with Crippen molar-refractivity contribution in [3.05, 3.63) is 46.7 Å². The van der Waals surface area contributed by atoms with E-state index in [2.05, 4.69) is 10.2 Å². The summed E-state index contributed by atoms with van der Waals surface area (Å²) in [5, 5.41) is 4.84. The molecule has 2 amide bonds. The van der Waals surface area contributed by atoms with Crippen LogP contribution in [0.1, 0.15) is 9.67 Å². The number of thiophene rings is 1. The van der Waals surface area contributed by atoms with Gasteiger partial charge in [0.15, 0.2) is 0 Å². The number of hydrogen-bond donors (Lipinski definition) is 1. The number of anilines is 2. The highest BCUT2D eigenvalue weighted by Gasteiger charge is 2.36. The fraction of sp³-hybridized carbons (Fsp3) is 0.368. The maximum absolute atomic E-state index is 12.4. The van der Waals surface area contributed by atoms with Crippen LogP contribution in [-0.2, 0) is 9.53 Å². The molecule has 1 aromatic heterocycles. The smallest absolute Gasteiger partial charge is 0.263 e. The molecule has 1 N–H and O–H groups in total. The fourth-order valence-electron chi connectivity index (χ4n) is 3.19. The molecule has 0 spiro atoms. The van der Waals surface area contributed by atoms with E-state index in [1.54, 1.807) is 4.90 Å². The van der Waals surface area contributed by atoms with Crippen molar-refractivity contribution in [2.45, 2.75) is 0 Å². The normalized spacial score (nSPS) is 17.7. The largest absolute Gasteiger partial charge is 0.378 e. The Morgan fingerprint density at radius 3 is 2.46 bits per heavy atom. The molecule has 0 radical (unpaired) electrons. The highest BCUT2D eigenvalue weighted by Crippen LogP contribution is 2.23. The molecule has 136 valence electrons. The minimum Gasteiger partial charge on any atom is -0.378 e. The maximum Gasteiger partial charge on any atom is 0.263 e. The quantitative estimate of drug-likeness (QED) is 0.896. The Bertz CT molecular complexity index is 764. The highest BCUT2D eigenvalue weighted by atomic mass is 32.1. The van der Waals surface area contributed by atoms with E-state index in [0.717, 1.165) is 42.6 Å². The number of amides is 2. The van der Waals surface area contributed by atoms with E-state index in [9.17, 15) is 9.59 Å². The molecule has 26 heavy (non-hydrogen) atoms. The van der Waals surface area contributed by atoms with Gasteiger partial charge in [-0.1, -0.05) is 6.07 Å². The van der Waals surface area contributed by atoms with Crippen molar-refractivity contribution in [1.29, 1.82) is 0 Å². The predicted octanol–water partition coefficient (Wildman–Crippen LogP) is 2.30. The van der Waals surface area contributed by atoms with E-state index in [4.69, 9.17) is 4.74 Å². The third-order valence-corrected chi connectivity index (χ3v) is 5.64. The molecule has 0 unspecified atom stereocenters. The molecule has 0 atom stereocenters. The molecule has 1 aromatic carbocycles. The number of carbonyl (C=O) groups is 2. The molecular formula is C19H21N3O3S. The van der Waals surface area contributed by atoms with Gasteiger partial charge in [0.1, 0.15) is 0 Å². The van der Waals surface area contributed by atoms with Crippen LogP contribution in [0, 0.1) is 5.92 Å². The van der Waals surface area contributed by atoms with Crippen molar-refractivity contribution < 1.29 is 14.3 Å². The summed E-state index contributed by atoms with van der Waals surface area (Å²) < 4.78 is 5.37. The molecule has 0 saturated carbocycles. The van der Waals surface area contributed by atoms with E-state index >= 15 is 0 Å². The number of nitrogens with zero attached hydrogens (tertiary/aromatic N) is 2. The molecule has 2 aliphatic heterocycles. The lowest BCUT2D eigenvalue weighted by Crippen LogP contribution is -2.54. The summed E-state index contributed by atoms with van der Waals surface area (Å²) >= 11 is 1.43. The lowest BCUT2D eigenvalue weighted by molar-refractivity contribution is -0.123. The number of rotatable bonds is 4. The third-order valence-electron chi connectivity index (χ3n) is 4.78. The number of nitrogens with one attached hydrogen (secondary N) is 1. The lowest BCUT2D eigenvalue weighted by Gasteiger charge is -2.37. The molecule has 0 bridgehead atoms. The summed E-state index contributed by atoms with van der Waals surface area (Å²) in [6.45, 7) is 4.24. The Hall–Kier alpha value is -2.38. The van der Waals surface area contributed by atoms with E-state index in [1.807, 2.05) is 41.8 Å². The van der Waals surface area contributed by atoms with Crippen LogP contribution in [0.4, 0.5) is 11.4 Å². The molecule has 2 aliphatic rings. The summed E-state index contributed by atoms with van der Waals surface area (Å²) in [6, 6.07) is 11.6. The van der Waals surface area contributed by atoms with Crippen LogP contribution in [0.25, 0.3) is 0 Å². The molecule has 3 heterocycles. The van der Waals surface area contributed by atoms with Gasteiger partial charge in [0.05, 0.1) is 24.0 Å². The zero-order valence-electron chi connectivity index (χ0n) is 14.4. The van der Waals surface area contributed by atoms with Gasteiger partial charge < -0.3 is 19.9 Å². The lowest BCUT2D eigenvalue weighted by atomic mass is 9.98. The SMILES string of the molecule is O=C(Nc1ccc(N2CCOCC2)cc1)C1CN(C(=O)c2cccs2)C1. The molecule has 2 aromatic rings. The summed E-state index contributed by atoms with van der Waals surface area (Å²) in [6.07, 6.45) is 0. The molecule has 0 aliphatic carbocycles. The fourth-order valence-corrected chi connectivity index (χ4v) is 3.88. The number of morpholine rings is 1. The summed E-state index contributed by atoms with van der Waals surface area (Å²) in [4.78, 5) is 29.3. The number of carbonyl (C=O) groups excluding carboxylic acids is 2. The summed E-state index contributed by atoms with van der Waals surface area (Å²) in [5.41, 5.74) is 1.93. The molecule has 7 heteroatoms. The van der Waals surface area contributed by atoms with Crippen LogP contribution in [-0.4, -0.2) is 56.1 Å². The van der Waals surface area contributed by atoms with E-state index in [1.165, 1.54) is 11.3 Å². The van der Waals surface area contributed by atoms with Gasteiger partial charge in [0.2, 0.25) is 5.91 Å². The van der Waals surface area contributed by atoms with Gasteiger partial charge in [0.25, 0.3) is 5.91 Å². The average Bonchev–Trinajstić information content (AvgIpc) is 3.16. The van der Waals surface area contributed by atoms with Crippen LogP contribution in [0.2, 0.25) is 0 Å². The number of likely N-dealkylation sites (tertiary alicyclic amines) is 1. The van der Waals surface area contributed by atoms with Crippen molar-refractivity contribution in [1.82, 2.24) is 4.90 Å².